The maximum Gasteiger partial charge on any atom is 0.127 e. The Morgan fingerprint density at radius 3 is 1.64 bits per heavy atom. The molecule has 0 radical (unpaired) electrons. The Hall–Kier alpha value is -3.14. The fraction of sp³-hybridized carbons (Fsp3) is 0.143. The van der Waals surface area contributed by atoms with Crippen molar-refractivity contribution in [2.45, 2.75) is 19.4 Å². The number of rotatable bonds is 6. The van der Waals surface area contributed by atoms with E-state index in [0.717, 1.165) is 35.0 Å². The zero-order valence-electron chi connectivity index (χ0n) is 14.2. The van der Waals surface area contributed by atoms with E-state index in [4.69, 9.17) is 20.9 Å². The lowest BCUT2D eigenvalue weighted by Crippen LogP contribution is -2.14. The maximum atomic E-state index is 5.91. The third-order valence-corrected chi connectivity index (χ3v) is 3.78. The zero-order chi connectivity index (χ0) is 17.6. The number of ether oxygens (including phenoxy) is 2. The third kappa shape index (κ3) is 4.91. The molecule has 3 aromatic rings. The van der Waals surface area contributed by atoms with Crippen molar-refractivity contribution in [1.82, 2.24) is 0 Å². The number of nitrogens with two attached hydrogens (primary N) is 2. The molecule has 0 aromatic heterocycles. The number of nitrogen functional groups attached to an aromatic ring is 2. The van der Waals surface area contributed by atoms with Gasteiger partial charge in [-0.2, -0.15) is 0 Å². The van der Waals surface area contributed by atoms with Crippen molar-refractivity contribution in [3.05, 3.63) is 78.4 Å². The molecule has 0 spiro atoms. The standard InChI is InChI=1S/C21H22N2O2/c1-15(24-19-10-4-17(22)5-11-19)14-16-2-8-20(9-3-16)25-21-12-6-18(23)7-13-21/h2-13,15H,14,22-23H2,1H3. The van der Waals surface area contributed by atoms with E-state index >= 15 is 0 Å². The molecule has 0 aliphatic heterocycles. The zero-order valence-corrected chi connectivity index (χ0v) is 14.2. The summed E-state index contributed by atoms with van der Waals surface area (Å²) in [7, 11) is 0. The predicted octanol–water partition coefficient (Wildman–Crippen LogP) is 4.65. The Kier molecular flexibility index (Phi) is 5.09. The van der Waals surface area contributed by atoms with Crippen LogP contribution < -0.4 is 20.9 Å². The van der Waals surface area contributed by atoms with E-state index in [-0.39, 0.29) is 6.10 Å². The minimum absolute atomic E-state index is 0.0625. The SMILES string of the molecule is CC(Cc1ccc(Oc2ccc(N)cc2)cc1)Oc1ccc(N)cc1. The molecule has 0 aliphatic rings. The van der Waals surface area contributed by atoms with Gasteiger partial charge in [0, 0.05) is 17.8 Å². The highest BCUT2D eigenvalue weighted by atomic mass is 16.5. The van der Waals surface area contributed by atoms with E-state index in [9.17, 15) is 0 Å². The number of hydrogen-bond acceptors (Lipinski definition) is 4. The van der Waals surface area contributed by atoms with Gasteiger partial charge in [-0.15, -0.1) is 0 Å². The third-order valence-electron chi connectivity index (χ3n) is 3.78. The Morgan fingerprint density at radius 2 is 1.12 bits per heavy atom. The second-order valence-corrected chi connectivity index (χ2v) is 6.02. The van der Waals surface area contributed by atoms with E-state index < -0.39 is 0 Å². The van der Waals surface area contributed by atoms with Crippen molar-refractivity contribution < 1.29 is 9.47 Å². The molecule has 3 rings (SSSR count). The Morgan fingerprint density at radius 1 is 0.680 bits per heavy atom. The van der Waals surface area contributed by atoms with Crippen LogP contribution in [0.25, 0.3) is 0 Å². The van der Waals surface area contributed by atoms with Gasteiger partial charge in [0.1, 0.15) is 17.2 Å². The summed E-state index contributed by atoms with van der Waals surface area (Å²) < 4.78 is 11.7. The van der Waals surface area contributed by atoms with Gasteiger partial charge in [0.25, 0.3) is 0 Å². The van der Waals surface area contributed by atoms with E-state index in [2.05, 4.69) is 19.1 Å². The van der Waals surface area contributed by atoms with Crippen LogP contribution in [-0.4, -0.2) is 6.10 Å². The van der Waals surface area contributed by atoms with Gasteiger partial charge in [0.15, 0.2) is 0 Å². The van der Waals surface area contributed by atoms with Gasteiger partial charge in [0.2, 0.25) is 0 Å². The molecule has 0 saturated carbocycles. The summed E-state index contributed by atoms with van der Waals surface area (Å²) in [6.45, 7) is 2.05. The first-order valence-corrected chi connectivity index (χ1v) is 8.23. The summed E-state index contributed by atoms with van der Waals surface area (Å²) in [4.78, 5) is 0. The molecule has 1 unspecified atom stereocenters. The molecule has 4 heteroatoms. The monoisotopic (exact) mass is 334 g/mol. The molecule has 4 nitrogen and oxygen atoms in total. The van der Waals surface area contributed by atoms with E-state index in [0.29, 0.717) is 0 Å². The molecular weight excluding hydrogens is 312 g/mol. The van der Waals surface area contributed by atoms with Crippen LogP contribution in [0.2, 0.25) is 0 Å². The van der Waals surface area contributed by atoms with Crippen LogP contribution in [0.5, 0.6) is 17.2 Å². The lowest BCUT2D eigenvalue weighted by Gasteiger charge is -2.15. The molecular formula is C21H22N2O2. The van der Waals surface area contributed by atoms with Gasteiger partial charge < -0.3 is 20.9 Å². The number of hydrogen-bond donors (Lipinski definition) is 2. The van der Waals surface area contributed by atoms with Crippen molar-refractivity contribution in [3.8, 4) is 17.2 Å². The molecule has 0 aliphatic carbocycles. The van der Waals surface area contributed by atoms with Crippen LogP contribution in [0.4, 0.5) is 11.4 Å². The number of benzene rings is 3. The normalized spacial score (nSPS) is 11.7. The molecule has 0 saturated heterocycles. The van der Waals surface area contributed by atoms with Crippen LogP contribution in [0.3, 0.4) is 0 Å². The second kappa shape index (κ2) is 7.62. The first-order chi connectivity index (χ1) is 12.1. The minimum Gasteiger partial charge on any atom is -0.490 e. The van der Waals surface area contributed by atoms with E-state index in [1.807, 2.05) is 60.7 Å². The van der Waals surface area contributed by atoms with Crippen molar-refractivity contribution >= 4 is 11.4 Å². The first-order valence-electron chi connectivity index (χ1n) is 8.23. The summed E-state index contributed by atoms with van der Waals surface area (Å²) in [5, 5.41) is 0. The molecule has 4 N–H and O–H groups in total. The van der Waals surface area contributed by atoms with Gasteiger partial charge in [-0.1, -0.05) is 12.1 Å². The fourth-order valence-electron chi connectivity index (χ4n) is 2.52. The highest BCUT2D eigenvalue weighted by Gasteiger charge is 2.06. The molecule has 0 amide bonds. The quantitative estimate of drug-likeness (QED) is 0.644. The van der Waals surface area contributed by atoms with Crippen LogP contribution >= 0.6 is 0 Å². The predicted molar refractivity (Wildman–Crippen MR) is 102 cm³/mol. The molecule has 0 fully saturated rings. The Bertz CT molecular complexity index is 797. The Balaban J connectivity index is 1.56. The van der Waals surface area contributed by atoms with Crippen molar-refractivity contribution in [2.24, 2.45) is 0 Å². The van der Waals surface area contributed by atoms with Gasteiger partial charge >= 0.3 is 0 Å². The Labute approximate surface area is 148 Å². The molecule has 25 heavy (non-hydrogen) atoms. The summed E-state index contributed by atoms with van der Waals surface area (Å²) in [5.41, 5.74) is 14.0. The highest BCUT2D eigenvalue weighted by Crippen LogP contribution is 2.23. The molecule has 0 bridgehead atoms. The van der Waals surface area contributed by atoms with E-state index in [1.165, 1.54) is 5.56 Å². The summed E-state index contributed by atoms with van der Waals surface area (Å²) in [5.74, 6) is 2.38. The fourth-order valence-corrected chi connectivity index (χ4v) is 2.52. The second-order valence-electron chi connectivity index (χ2n) is 6.02. The summed E-state index contributed by atoms with van der Waals surface area (Å²) in [6, 6.07) is 22.8. The molecule has 1 atom stereocenters. The first kappa shape index (κ1) is 16.7. The van der Waals surface area contributed by atoms with Gasteiger partial charge in [-0.3, -0.25) is 0 Å². The lowest BCUT2D eigenvalue weighted by molar-refractivity contribution is 0.222. The smallest absolute Gasteiger partial charge is 0.127 e. The van der Waals surface area contributed by atoms with Gasteiger partial charge in [-0.05, 0) is 73.2 Å². The van der Waals surface area contributed by atoms with Crippen molar-refractivity contribution in [3.63, 3.8) is 0 Å². The molecule has 128 valence electrons. The highest BCUT2D eigenvalue weighted by molar-refractivity contribution is 5.43. The topological polar surface area (TPSA) is 70.5 Å². The molecule has 0 heterocycles. The maximum absolute atomic E-state index is 5.91. The average Bonchev–Trinajstić information content (AvgIpc) is 2.61. The summed E-state index contributed by atoms with van der Waals surface area (Å²) >= 11 is 0. The largest absolute Gasteiger partial charge is 0.490 e. The molecule has 3 aromatic carbocycles. The summed E-state index contributed by atoms with van der Waals surface area (Å²) in [6.07, 6.45) is 0.875. The van der Waals surface area contributed by atoms with Gasteiger partial charge in [-0.25, -0.2) is 0 Å². The number of anilines is 2. The average molecular weight is 334 g/mol. The minimum atomic E-state index is 0.0625. The van der Waals surface area contributed by atoms with Gasteiger partial charge in [0.05, 0.1) is 6.10 Å². The van der Waals surface area contributed by atoms with Crippen LogP contribution in [0, 0.1) is 0 Å². The van der Waals surface area contributed by atoms with Crippen molar-refractivity contribution in [2.75, 3.05) is 11.5 Å². The van der Waals surface area contributed by atoms with E-state index in [1.54, 1.807) is 0 Å². The van der Waals surface area contributed by atoms with Crippen LogP contribution in [0.15, 0.2) is 72.8 Å². The lowest BCUT2D eigenvalue weighted by atomic mass is 10.1. The van der Waals surface area contributed by atoms with Crippen molar-refractivity contribution in [1.29, 1.82) is 0 Å². The van der Waals surface area contributed by atoms with Crippen LogP contribution in [0.1, 0.15) is 12.5 Å². The van der Waals surface area contributed by atoms with Crippen LogP contribution in [-0.2, 0) is 6.42 Å².